The van der Waals surface area contributed by atoms with Crippen LogP contribution in [0.15, 0.2) is 152 Å². The average molecular weight is 552 g/mol. The Morgan fingerprint density at radius 1 is 0.357 bits per heavy atom. The van der Waals surface area contributed by atoms with Crippen molar-refractivity contribution in [3.05, 3.63) is 152 Å². The zero-order valence-electron chi connectivity index (χ0n) is 22.8. The van der Waals surface area contributed by atoms with Gasteiger partial charge in [-0.1, -0.05) is 115 Å². The number of rotatable bonds is 3. The smallest absolute Gasteiger partial charge is 0.0555 e. The molecule has 0 atom stereocenters. The molecule has 0 amide bonds. The lowest BCUT2D eigenvalue weighted by molar-refractivity contribution is 1.32. The number of thiophene rings is 1. The van der Waals surface area contributed by atoms with Crippen LogP contribution < -0.4 is 4.90 Å². The highest BCUT2D eigenvalue weighted by Gasteiger charge is 2.22. The van der Waals surface area contributed by atoms with Gasteiger partial charge in [-0.3, -0.25) is 0 Å². The predicted molar refractivity (Wildman–Crippen MR) is 184 cm³/mol. The molecule has 0 saturated heterocycles. The molecule has 0 bridgehead atoms. The molecule has 9 rings (SSSR count). The molecule has 42 heavy (non-hydrogen) atoms. The van der Waals surface area contributed by atoms with Crippen molar-refractivity contribution in [1.29, 1.82) is 0 Å². The molecule has 2 heteroatoms. The third-order valence-corrected chi connectivity index (χ3v) is 9.72. The second-order valence-corrected chi connectivity index (χ2v) is 12.0. The summed E-state index contributed by atoms with van der Waals surface area (Å²) in [6.45, 7) is 0. The van der Waals surface area contributed by atoms with Crippen molar-refractivity contribution in [2.45, 2.75) is 0 Å². The van der Waals surface area contributed by atoms with Crippen molar-refractivity contribution in [1.82, 2.24) is 0 Å². The van der Waals surface area contributed by atoms with E-state index in [1.54, 1.807) is 0 Å². The molecule has 0 aliphatic carbocycles. The number of anilines is 3. The van der Waals surface area contributed by atoms with Gasteiger partial charge in [0.25, 0.3) is 0 Å². The Balaban J connectivity index is 1.49. The Bertz CT molecular complexity index is 2470. The van der Waals surface area contributed by atoms with Crippen LogP contribution in [0.2, 0.25) is 0 Å². The molecule has 0 fully saturated rings. The molecule has 0 unspecified atom stereocenters. The van der Waals surface area contributed by atoms with E-state index in [9.17, 15) is 0 Å². The number of benzene rings is 8. The van der Waals surface area contributed by atoms with Gasteiger partial charge >= 0.3 is 0 Å². The Kier molecular flexibility index (Phi) is 5.13. The van der Waals surface area contributed by atoms with E-state index in [0.717, 1.165) is 5.69 Å². The maximum Gasteiger partial charge on any atom is 0.0555 e. The molecule has 9 aromatic rings. The lowest BCUT2D eigenvalue weighted by Crippen LogP contribution is -2.11. The van der Waals surface area contributed by atoms with Gasteiger partial charge in [-0.15, -0.1) is 11.3 Å². The van der Waals surface area contributed by atoms with E-state index in [0.29, 0.717) is 0 Å². The van der Waals surface area contributed by atoms with Crippen molar-refractivity contribution in [2.75, 3.05) is 4.90 Å². The standard InChI is InChI=1S/C40H25NS/c1-2-13-29(14-3-1)41(34-18-10-20-37-40(34)33-17-8-9-19-36(33)42-37)35-25-28-22-21-26-11-4-6-15-30(26)38(28)39-31-16-7-5-12-27(31)23-24-32(35)39/h1-25H. The molecule has 1 heterocycles. The SMILES string of the molecule is c1ccc(N(c2cc3ccc4ccccc4c3c3c2ccc2ccccc23)c2cccc3sc4ccccc4c23)cc1. The fourth-order valence-electron chi connectivity index (χ4n) is 6.78. The second-order valence-electron chi connectivity index (χ2n) is 10.9. The Morgan fingerprint density at radius 3 is 1.79 bits per heavy atom. The Hall–Kier alpha value is -5.18. The third-order valence-electron chi connectivity index (χ3n) is 8.59. The first-order valence-corrected chi connectivity index (χ1v) is 15.2. The molecule has 0 saturated carbocycles. The third kappa shape index (κ3) is 3.43. The van der Waals surface area contributed by atoms with Gasteiger partial charge in [0.2, 0.25) is 0 Å². The molecule has 8 aromatic carbocycles. The summed E-state index contributed by atoms with van der Waals surface area (Å²) in [5, 5.41) is 12.8. The van der Waals surface area contributed by atoms with E-state index in [-0.39, 0.29) is 0 Å². The van der Waals surface area contributed by atoms with E-state index in [1.807, 2.05) is 11.3 Å². The molecular formula is C40H25NS. The molecule has 196 valence electrons. The summed E-state index contributed by atoms with van der Waals surface area (Å²) in [5.74, 6) is 0. The van der Waals surface area contributed by atoms with Crippen molar-refractivity contribution in [3.8, 4) is 0 Å². The van der Waals surface area contributed by atoms with Gasteiger partial charge in [-0.05, 0) is 68.7 Å². The summed E-state index contributed by atoms with van der Waals surface area (Å²) in [6, 6.07) is 55.5. The fraction of sp³-hybridized carbons (Fsp3) is 0. The normalized spacial score (nSPS) is 11.8. The van der Waals surface area contributed by atoms with Crippen LogP contribution in [0.3, 0.4) is 0 Å². The summed E-state index contributed by atoms with van der Waals surface area (Å²) < 4.78 is 2.62. The summed E-state index contributed by atoms with van der Waals surface area (Å²) in [4.78, 5) is 2.48. The Morgan fingerprint density at radius 2 is 0.976 bits per heavy atom. The number of nitrogens with zero attached hydrogens (tertiary/aromatic N) is 1. The van der Waals surface area contributed by atoms with E-state index in [1.165, 1.54) is 74.6 Å². The van der Waals surface area contributed by atoms with Crippen LogP contribution in [0.25, 0.3) is 63.3 Å². The van der Waals surface area contributed by atoms with Gasteiger partial charge in [0.15, 0.2) is 0 Å². The van der Waals surface area contributed by atoms with Gasteiger partial charge in [0.1, 0.15) is 0 Å². The topological polar surface area (TPSA) is 3.24 Å². The van der Waals surface area contributed by atoms with E-state index < -0.39 is 0 Å². The molecule has 0 aliphatic heterocycles. The fourth-order valence-corrected chi connectivity index (χ4v) is 7.91. The lowest BCUT2D eigenvalue weighted by atomic mass is 9.91. The molecular weight excluding hydrogens is 527 g/mol. The number of fused-ring (bicyclic) bond motifs is 10. The van der Waals surface area contributed by atoms with Crippen LogP contribution in [0, 0.1) is 0 Å². The molecule has 0 aliphatic rings. The first kappa shape index (κ1) is 23.5. The average Bonchev–Trinajstić information content (AvgIpc) is 3.44. The van der Waals surface area contributed by atoms with Crippen molar-refractivity contribution < 1.29 is 0 Å². The first-order chi connectivity index (χ1) is 20.8. The minimum absolute atomic E-state index is 1.15. The van der Waals surface area contributed by atoms with Crippen LogP contribution in [-0.4, -0.2) is 0 Å². The summed E-state index contributed by atoms with van der Waals surface area (Å²) in [5.41, 5.74) is 3.54. The van der Waals surface area contributed by atoms with Gasteiger partial charge in [0.05, 0.1) is 11.4 Å². The van der Waals surface area contributed by atoms with E-state index in [2.05, 4.69) is 157 Å². The van der Waals surface area contributed by atoms with Crippen LogP contribution in [0.5, 0.6) is 0 Å². The Labute approximate surface area is 247 Å². The number of para-hydroxylation sites is 1. The highest BCUT2D eigenvalue weighted by molar-refractivity contribution is 7.26. The highest BCUT2D eigenvalue weighted by Crippen LogP contribution is 2.49. The first-order valence-electron chi connectivity index (χ1n) is 14.4. The van der Waals surface area contributed by atoms with Crippen LogP contribution >= 0.6 is 11.3 Å². The van der Waals surface area contributed by atoms with Crippen LogP contribution in [-0.2, 0) is 0 Å². The van der Waals surface area contributed by atoms with Crippen LogP contribution in [0.4, 0.5) is 17.1 Å². The van der Waals surface area contributed by atoms with E-state index >= 15 is 0 Å². The van der Waals surface area contributed by atoms with Gasteiger partial charge in [-0.2, -0.15) is 0 Å². The molecule has 0 spiro atoms. The minimum Gasteiger partial charge on any atom is -0.309 e. The number of hydrogen-bond donors (Lipinski definition) is 0. The summed E-state index contributed by atoms with van der Waals surface area (Å²) in [7, 11) is 0. The van der Waals surface area contributed by atoms with Gasteiger partial charge < -0.3 is 4.90 Å². The number of hydrogen-bond acceptors (Lipinski definition) is 2. The molecule has 0 radical (unpaired) electrons. The van der Waals surface area contributed by atoms with Crippen LogP contribution in [0.1, 0.15) is 0 Å². The highest BCUT2D eigenvalue weighted by atomic mass is 32.1. The zero-order chi connectivity index (χ0) is 27.6. The molecule has 1 nitrogen and oxygen atoms in total. The molecule has 0 N–H and O–H groups in total. The zero-order valence-corrected chi connectivity index (χ0v) is 23.6. The van der Waals surface area contributed by atoms with Crippen molar-refractivity contribution >= 4 is 91.7 Å². The predicted octanol–water partition coefficient (Wildman–Crippen LogP) is 12.1. The monoisotopic (exact) mass is 551 g/mol. The van der Waals surface area contributed by atoms with E-state index in [4.69, 9.17) is 0 Å². The molecule has 1 aromatic heterocycles. The largest absolute Gasteiger partial charge is 0.309 e. The maximum absolute atomic E-state index is 2.48. The van der Waals surface area contributed by atoms with Crippen molar-refractivity contribution in [3.63, 3.8) is 0 Å². The quantitative estimate of drug-likeness (QED) is 0.197. The van der Waals surface area contributed by atoms with Gasteiger partial charge in [-0.25, -0.2) is 0 Å². The van der Waals surface area contributed by atoms with Crippen molar-refractivity contribution in [2.24, 2.45) is 0 Å². The lowest BCUT2D eigenvalue weighted by Gasteiger charge is -2.29. The second kappa shape index (κ2) is 9.17. The maximum atomic E-state index is 2.48. The minimum atomic E-state index is 1.15. The van der Waals surface area contributed by atoms with Gasteiger partial charge in [0, 0.05) is 36.6 Å². The summed E-state index contributed by atoms with van der Waals surface area (Å²) in [6.07, 6.45) is 0. The summed E-state index contributed by atoms with van der Waals surface area (Å²) >= 11 is 1.87.